The van der Waals surface area contributed by atoms with E-state index in [2.05, 4.69) is 10.3 Å². The van der Waals surface area contributed by atoms with Crippen LogP contribution >= 0.6 is 0 Å². The number of cyclic esters (lactones) is 1. The van der Waals surface area contributed by atoms with Crippen LogP contribution in [0.5, 0.6) is 0 Å². The summed E-state index contributed by atoms with van der Waals surface area (Å²) < 4.78 is 9.81. The Bertz CT molecular complexity index is 466. The Hall–Kier alpha value is -2.15. The van der Waals surface area contributed by atoms with E-state index in [4.69, 9.17) is 9.47 Å². The Labute approximate surface area is 116 Å². The van der Waals surface area contributed by atoms with E-state index in [0.29, 0.717) is 18.8 Å². The molecule has 1 aliphatic heterocycles. The first kappa shape index (κ1) is 14.3. The van der Waals surface area contributed by atoms with Crippen LogP contribution < -0.4 is 5.32 Å². The number of ether oxygens (including phenoxy) is 2. The number of amides is 2. The summed E-state index contributed by atoms with van der Waals surface area (Å²) in [6, 6.07) is 4.80. The second-order valence-electron chi connectivity index (χ2n) is 4.33. The molecule has 7 nitrogen and oxygen atoms in total. The molecule has 7 heteroatoms. The number of carbonyl (C=O) groups excluding carboxylic acids is 2. The van der Waals surface area contributed by atoms with Crippen molar-refractivity contribution in [2.24, 2.45) is 0 Å². The summed E-state index contributed by atoms with van der Waals surface area (Å²) >= 11 is 0. The lowest BCUT2D eigenvalue weighted by atomic mass is 10.2. The van der Waals surface area contributed by atoms with Crippen molar-refractivity contribution >= 4 is 12.0 Å². The topological polar surface area (TPSA) is 80.8 Å². The Morgan fingerprint density at radius 2 is 2.45 bits per heavy atom. The Kier molecular flexibility index (Phi) is 4.89. The summed E-state index contributed by atoms with van der Waals surface area (Å²) in [5, 5.41) is 2.70. The number of nitrogens with one attached hydrogen (secondary N) is 1. The van der Waals surface area contributed by atoms with E-state index in [1.807, 2.05) is 6.07 Å². The van der Waals surface area contributed by atoms with Gasteiger partial charge in [-0.2, -0.15) is 0 Å². The van der Waals surface area contributed by atoms with Crippen LogP contribution in [-0.2, 0) is 20.8 Å². The number of nitrogens with zero attached hydrogens (tertiary/aromatic N) is 2. The van der Waals surface area contributed by atoms with E-state index < -0.39 is 12.1 Å². The molecule has 0 saturated carbocycles. The van der Waals surface area contributed by atoms with Gasteiger partial charge in [0.2, 0.25) is 5.91 Å². The van der Waals surface area contributed by atoms with Crippen molar-refractivity contribution in [1.82, 2.24) is 15.2 Å². The van der Waals surface area contributed by atoms with Crippen molar-refractivity contribution in [3.8, 4) is 0 Å². The van der Waals surface area contributed by atoms with E-state index in [-0.39, 0.29) is 19.1 Å². The van der Waals surface area contributed by atoms with Gasteiger partial charge in [0.25, 0.3) is 0 Å². The first-order valence-electron chi connectivity index (χ1n) is 6.32. The van der Waals surface area contributed by atoms with Crippen molar-refractivity contribution in [2.75, 3.05) is 26.9 Å². The van der Waals surface area contributed by atoms with Gasteiger partial charge < -0.3 is 14.8 Å². The molecule has 0 bridgehead atoms. The molecule has 1 saturated heterocycles. The maximum Gasteiger partial charge on any atom is 0.411 e. The lowest BCUT2D eigenvalue weighted by molar-refractivity contribution is -0.125. The fraction of sp³-hybridized carbons (Fsp3) is 0.462. The van der Waals surface area contributed by atoms with Crippen LogP contribution in [0.2, 0.25) is 0 Å². The molecule has 2 amide bonds. The van der Waals surface area contributed by atoms with Gasteiger partial charge in [-0.05, 0) is 12.1 Å². The highest BCUT2D eigenvalue weighted by Crippen LogP contribution is 2.15. The van der Waals surface area contributed by atoms with Crippen LogP contribution in [0.25, 0.3) is 0 Å². The molecule has 1 fully saturated rings. The van der Waals surface area contributed by atoms with Gasteiger partial charge in [0.05, 0.1) is 18.8 Å². The van der Waals surface area contributed by atoms with Crippen molar-refractivity contribution in [3.05, 3.63) is 30.1 Å². The largest absolute Gasteiger partial charge is 0.447 e. The fourth-order valence-electron chi connectivity index (χ4n) is 1.90. The highest BCUT2D eigenvalue weighted by Gasteiger charge is 2.38. The summed E-state index contributed by atoms with van der Waals surface area (Å²) in [5.41, 5.74) is 0.709. The maximum absolute atomic E-state index is 12.0. The second-order valence-corrected chi connectivity index (χ2v) is 4.33. The lowest BCUT2D eigenvalue weighted by Gasteiger charge is -2.20. The summed E-state index contributed by atoms with van der Waals surface area (Å²) in [5.74, 6) is -0.246. The third-order valence-corrected chi connectivity index (χ3v) is 2.94. The quantitative estimate of drug-likeness (QED) is 0.750. The molecule has 0 aliphatic carbocycles. The lowest BCUT2D eigenvalue weighted by Crippen LogP contribution is -2.46. The van der Waals surface area contributed by atoms with E-state index >= 15 is 0 Å². The van der Waals surface area contributed by atoms with Crippen LogP contribution in [0.1, 0.15) is 5.69 Å². The van der Waals surface area contributed by atoms with Gasteiger partial charge in [-0.3, -0.25) is 14.7 Å². The highest BCUT2D eigenvalue weighted by molar-refractivity contribution is 5.87. The number of hydrogen-bond acceptors (Lipinski definition) is 5. The van der Waals surface area contributed by atoms with Crippen LogP contribution in [0.3, 0.4) is 0 Å². The fourth-order valence-corrected chi connectivity index (χ4v) is 1.90. The van der Waals surface area contributed by atoms with Crippen LogP contribution in [0, 0.1) is 0 Å². The average molecular weight is 279 g/mol. The number of aromatic nitrogens is 1. The highest BCUT2D eigenvalue weighted by atomic mass is 16.6. The molecular weight excluding hydrogens is 262 g/mol. The smallest absolute Gasteiger partial charge is 0.411 e. The van der Waals surface area contributed by atoms with Gasteiger partial charge in [0, 0.05) is 19.9 Å². The Morgan fingerprint density at radius 3 is 3.15 bits per heavy atom. The van der Waals surface area contributed by atoms with Crippen LogP contribution in [0.15, 0.2) is 24.4 Å². The molecule has 0 radical (unpaired) electrons. The molecule has 2 heterocycles. The van der Waals surface area contributed by atoms with Crippen molar-refractivity contribution in [1.29, 1.82) is 0 Å². The van der Waals surface area contributed by atoms with Crippen molar-refractivity contribution in [3.63, 3.8) is 0 Å². The molecule has 1 aromatic heterocycles. The number of hydrogen-bond donors (Lipinski definition) is 1. The first-order chi connectivity index (χ1) is 9.72. The standard InChI is InChI=1S/C13H17N3O4/c1-19-7-6-15-12(17)11-9-20-13(18)16(11)8-10-4-2-3-5-14-10/h2-5,11H,6-9H2,1H3,(H,15,17)/t11-/m0/s1. The van der Waals surface area contributed by atoms with Crippen LogP contribution in [0.4, 0.5) is 4.79 Å². The monoisotopic (exact) mass is 279 g/mol. The zero-order valence-corrected chi connectivity index (χ0v) is 11.2. The van der Waals surface area contributed by atoms with E-state index in [1.54, 1.807) is 25.4 Å². The number of rotatable bonds is 6. The zero-order valence-electron chi connectivity index (χ0n) is 11.2. The zero-order chi connectivity index (χ0) is 14.4. The molecule has 1 aromatic rings. The van der Waals surface area contributed by atoms with Gasteiger partial charge >= 0.3 is 6.09 Å². The SMILES string of the molecule is COCCNC(=O)[C@@H]1COC(=O)N1Cc1ccccn1. The molecule has 2 rings (SSSR count). The molecule has 20 heavy (non-hydrogen) atoms. The maximum atomic E-state index is 12.0. The molecule has 0 unspecified atom stereocenters. The summed E-state index contributed by atoms with van der Waals surface area (Å²) in [4.78, 5) is 29.2. The minimum absolute atomic E-state index is 0.0600. The number of carbonyl (C=O) groups is 2. The third-order valence-electron chi connectivity index (χ3n) is 2.94. The molecule has 1 N–H and O–H groups in total. The number of methoxy groups -OCH3 is 1. The van der Waals surface area contributed by atoms with Crippen molar-refractivity contribution in [2.45, 2.75) is 12.6 Å². The minimum Gasteiger partial charge on any atom is -0.447 e. The van der Waals surface area contributed by atoms with Gasteiger partial charge in [-0.1, -0.05) is 6.07 Å². The van der Waals surface area contributed by atoms with E-state index in [9.17, 15) is 9.59 Å². The minimum atomic E-state index is -0.624. The first-order valence-corrected chi connectivity index (χ1v) is 6.32. The van der Waals surface area contributed by atoms with Crippen LogP contribution in [-0.4, -0.2) is 54.8 Å². The third kappa shape index (κ3) is 3.45. The van der Waals surface area contributed by atoms with Gasteiger partial charge in [0.1, 0.15) is 12.6 Å². The normalized spacial score (nSPS) is 17.9. The molecular formula is C13H17N3O4. The van der Waals surface area contributed by atoms with E-state index in [1.165, 1.54) is 4.90 Å². The van der Waals surface area contributed by atoms with Gasteiger partial charge in [-0.15, -0.1) is 0 Å². The summed E-state index contributed by atoms with van der Waals surface area (Å²) in [6.07, 6.45) is 1.15. The van der Waals surface area contributed by atoms with Gasteiger partial charge in [0.15, 0.2) is 0 Å². The van der Waals surface area contributed by atoms with Gasteiger partial charge in [-0.25, -0.2) is 4.79 Å². The second kappa shape index (κ2) is 6.85. The predicted octanol–water partition coefficient (Wildman–Crippen LogP) is 0.165. The Morgan fingerprint density at radius 1 is 1.60 bits per heavy atom. The number of pyridine rings is 1. The van der Waals surface area contributed by atoms with Crippen molar-refractivity contribution < 1.29 is 19.1 Å². The molecule has 108 valence electrons. The predicted molar refractivity (Wildman–Crippen MR) is 69.8 cm³/mol. The Balaban J connectivity index is 1.97. The summed E-state index contributed by atoms with van der Waals surface area (Å²) in [7, 11) is 1.56. The molecule has 0 aromatic carbocycles. The average Bonchev–Trinajstić information content (AvgIpc) is 2.82. The summed E-state index contributed by atoms with van der Waals surface area (Å²) in [6.45, 7) is 1.14. The molecule has 1 atom stereocenters. The molecule has 0 spiro atoms. The van der Waals surface area contributed by atoms with E-state index in [0.717, 1.165) is 0 Å². The molecule has 1 aliphatic rings.